The van der Waals surface area contributed by atoms with Crippen molar-refractivity contribution in [1.82, 2.24) is 10.6 Å². The number of halogens is 2. The quantitative estimate of drug-likeness (QED) is 0.521. The van der Waals surface area contributed by atoms with E-state index in [-0.39, 0.29) is 28.6 Å². The van der Waals surface area contributed by atoms with Crippen LogP contribution in [0.25, 0.3) is 0 Å². The Balaban J connectivity index is 1.24. The van der Waals surface area contributed by atoms with Crippen LogP contribution in [0.4, 0.5) is 4.39 Å². The standard InChI is InChI=1S/C20H22ClFN2O4S/c1-2-27-15-5-6-29-17(15)18(26)24-20-9-19(10-20,11-20)23-16(25)8-28-12-3-4-13(21)14(22)7-12/h3-7,16,23,25H,2,8-11H2,1H3,(H,24,26). The Kier molecular flexibility index (Phi) is 5.46. The topological polar surface area (TPSA) is 79.8 Å². The highest BCUT2D eigenvalue weighted by atomic mass is 35.5. The fourth-order valence-electron chi connectivity index (χ4n) is 4.24. The van der Waals surface area contributed by atoms with Gasteiger partial charge in [-0.1, -0.05) is 11.6 Å². The Morgan fingerprint density at radius 1 is 1.31 bits per heavy atom. The maximum Gasteiger partial charge on any atom is 0.265 e. The summed E-state index contributed by atoms with van der Waals surface area (Å²) in [5.41, 5.74) is -0.420. The van der Waals surface area contributed by atoms with Gasteiger partial charge in [-0.15, -0.1) is 11.3 Å². The molecule has 1 heterocycles. The molecule has 3 fully saturated rings. The first-order valence-electron chi connectivity index (χ1n) is 9.40. The number of hydrogen-bond acceptors (Lipinski definition) is 6. The molecule has 3 saturated carbocycles. The Bertz CT molecular complexity index is 902. The Morgan fingerprint density at radius 3 is 2.76 bits per heavy atom. The lowest BCUT2D eigenvalue weighted by atomic mass is 9.44. The van der Waals surface area contributed by atoms with E-state index in [1.165, 1.54) is 23.5 Å². The van der Waals surface area contributed by atoms with Gasteiger partial charge < -0.3 is 19.9 Å². The van der Waals surface area contributed by atoms with Crippen molar-refractivity contribution in [3.8, 4) is 11.5 Å². The monoisotopic (exact) mass is 440 g/mol. The van der Waals surface area contributed by atoms with Crippen LogP contribution in [0.5, 0.6) is 11.5 Å². The minimum absolute atomic E-state index is 0.0188. The van der Waals surface area contributed by atoms with E-state index in [0.29, 0.717) is 23.0 Å². The maximum absolute atomic E-state index is 13.4. The van der Waals surface area contributed by atoms with Gasteiger partial charge in [-0.25, -0.2) is 4.39 Å². The van der Waals surface area contributed by atoms with Gasteiger partial charge in [0.25, 0.3) is 5.91 Å². The summed E-state index contributed by atoms with van der Waals surface area (Å²) in [6.07, 6.45) is 1.33. The minimum atomic E-state index is -0.899. The van der Waals surface area contributed by atoms with Crippen LogP contribution < -0.4 is 20.1 Å². The SMILES string of the molecule is CCOc1ccsc1C(=O)NC12CC(NC(O)COc3ccc(Cl)c(F)c3)(C1)C2. The smallest absolute Gasteiger partial charge is 0.265 e. The van der Waals surface area contributed by atoms with Gasteiger partial charge in [-0.3, -0.25) is 10.1 Å². The molecule has 1 atom stereocenters. The lowest BCUT2D eigenvalue weighted by Crippen LogP contribution is -2.84. The van der Waals surface area contributed by atoms with Gasteiger partial charge in [-0.2, -0.15) is 0 Å². The third-order valence-corrected chi connectivity index (χ3v) is 6.52. The van der Waals surface area contributed by atoms with Crippen molar-refractivity contribution in [1.29, 1.82) is 0 Å². The summed E-state index contributed by atoms with van der Waals surface area (Å²) in [5, 5.41) is 18.3. The fourth-order valence-corrected chi connectivity index (χ4v) is 5.09. The van der Waals surface area contributed by atoms with Crippen LogP contribution in [0.2, 0.25) is 5.02 Å². The molecule has 1 amide bonds. The molecule has 0 radical (unpaired) electrons. The zero-order valence-corrected chi connectivity index (χ0v) is 17.4. The molecule has 29 heavy (non-hydrogen) atoms. The van der Waals surface area contributed by atoms with Crippen LogP contribution in [0.15, 0.2) is 29.6 Å². The molecular weight excluding hydrogens is 419 g/mol. The molecule has 5 rings (SSSR count). The number of rotatable bonds is 9. The second-order valence-electron chi connectivity index (χ2n) is 7.64. The van der Waals surface area contributed by atoms with Crippen molar-refractivity contribution in [3.63, 3.8) is 0 Å². The summed E-state index contributed by atoms with van der Waals surface area (Å²) in [6.45, 7) is 2.38. The number of carbonyl (C=O) groups is 1. The van der Waals surface area contributed by atoms with Crippen LogP contribution in [-0.4, -0.2) is 41.5 Å². The van der Waals surface area contributed by atoms with Crippen molar-refractivity contribution in [2.75, 3.05) is 13.2 Å². The van der Waals surface area contributed by atoms with Gasteiger partial charge in [0.2, 0.25) is 0 Å². The van der Waals surface area contributed by atoms with Crippen LogP contribution in [-0.2, 0) is 0 Å². The summed E-state index contributed by atoms with van der Waals surface area (Å²) in [5.74, 6) is 0.225. The number of aliphatic hydroxyl groups is 1. The largest absolute Gasteiger partial charge is 0.492 e. The average Bonchev–Trinajstić information content (AvgIpc) is 3.08. The second-order valence-corrected chi connectivity index (χ2v) is 8.96. The summed E-state index contributed by atoms with van der Waals surface area (Å²) in [7, 11) is 0. The van der Waals surface area contributed by atoms with E-state index in [1.807, 2.05) is 12.3 Å². The number of carbonyl (C=O) groups excluding carboxylic acids is 1. The molecular formula is C20H22ClFN2O4S. The molecule has 0 saturated heterocycles. The van der Waals surface area contributed by atoms with E-state index in [4.69, 9.17) is 21.1 Å². The molecule has 2 aromatic rings. The molecule has 6 nitrogen and oxygen atoms in total. The first-order valence-corrected chi connectivity index (χ1v) is 10.7. The zero-order chi connectivity index (χ0) is 20.6. The molecule has 1 unspecified atom stereocenters. The van der Waals surface area contributed by atoms with Crippen molar-refractivity contribution in [2.45, 2.75) is 43.5 Å². The van der Waals surface area contributed by atoms with Gasteiger partial charge >= 0.3 is 0 Å². The van der Waals surface area contributed by atoms with Crippen LogP contribution in [0, 0.1) is 5.82 Å². The van der Waals surface area contributed by atoms with E-state index in [1.54, 1.807) is 12.1 Å². The molecule has 3 aliphatic carbocycles. The van der Waals surface area contributed by atoms with Crippen molar-refractivity contribution in [2.24, 2.45) is 0 Å². The molecule has 9 heteroatoms. The predicted molar refractivity (Wildman–Crippen MR) is 108 cm³/mol. The number of nitrogens with one attached hydrogen (secondary N) is 2. The molecule has 1 aromatic carbocycles. The normalized spacial score (nSPS) is 25.5. The number of hydrogen-bond donors (Lipinski definition) is 3. The highest BCUT2D eigenvalue weighted by Crippen LogP contribution is 2.60. The van der Waals surface area contributed by atoms with E-state index < -0.39 is 12.0 Å². The number of amides is 1. The third kappa shape index (κ3) is 4.07. The summed E-state index contributed by atoms with van der Waals surface area (Å²) in [6, 6.07) is 5.94. The van der Waals surface area contributed by atoms with Crippen molar-refractivity contribution >= 4 is 28.8 Å². The lowest BCUT2D eigenvalue weighted by molar-refractivity contribution is -0.127. The highest BCUT2D eigenvalue weighted by Gasteiger charge is 2.69. The molecule has 3 N–H and O–H groups in total. The molecule has 156 valence electrons. The number of thiophene rings is 1. The van der Waals surface area contributed by atoms with E-state index in [2.05, 4.69) is 10.6 Å². The van der Waals surface area contributed by atoms with Crippen molar-refractivity contribution < 1.29 is 23.8 Å². The lowest BCUT2D eigenvalue weighted by Gasteiger charge is -2.71. The fraction of sp³-hybridized carbons (Fsp3) is 0.450. The summed E-state index contributed by atoms with van der Waals surface area (Å²) < 4.78 is 24.3. The Hall–Kier alpha value is -1.87. The predicted octanol–water partition coefficient (Wildman–Crippen LogP) is 3.33. The molecule has 2 bridgehead atoms. The summed E-state index contributed by atoms with van der Waals surface area (Å²) >= 11 is 7.00. The van der Waals surface area contributed by atoms with E-state index in [0.717, 1.165) is 19.3 Å². The second kappa shape index (κ2) is 7.75. The molecule has 1 aromatic heterocycles. The van der Waals surface area contributed by atoms with Crippen LogP contribution in [0.1, 0.15) is 35.9 Å². The van der Waals surface area contributed by atoms with Crippen LogP contribution >= 0.6 is 22.9 Å². The number of aliphatic hydroxyl groups excluding tert-OH is 1. The van der Waals surface area contributed by atoms with Crippen LogP contribution in [0.3, 0.4) is 0 Å². The number of ether oxygens (including phenoxy) is 2. The zero-order valence-electron chi connectivity index (χ0n) is 15.8. The molecule has 3 aliphatic rings. The Morgan fingerprint density at radius 2 is 2.07 bits per heavy atom. The van der Waals surface area contributed by atoms with Gasteiger partial charge in [-0.05, 0) is 49.8 Å². The van der Waals surface area contributed by atoms with Crippen molar-refractivity contribution in [3.05, 3.63) is 45.4 Å². The highest BCUT2D eigenvalue weighted by molar-refractivity contribution is 7.12. The first kappa shape index (κ1) is 20.4. The maximum atomic E-state index is 13.4. The van der Waals surface area contributed by atoms with Gasteiger partial charge in [0.05, 0.1) is 11.6 Å². The van der Waals surface area contributed by atoms with E-state index in [9.17, 15) is 14.3 Å². The minimum Gasteiger partial charge on any atom is -0.492 e. The average molecular weight is 441 g/mol. The van der Waals surface area contributed by atoms with E-state index >= 15 is 0 Å². The van der Waals surface area contributed by atoms with Gasteiger partial charge in [0.1, 0.15) is 35.0 Å². The third-order valence-electron chi connectivity index (χ3n) is 5.32. The van der Waals surface area contributed by atoms with Gasteiger partial charge in [0.15, 0.2) is 0 Å². The number of benzene rings is 1. The summed E-state index contributed by atoms with van der Waals surface area (Å²) in [4.78, 5) is 13.1. The Labute approximate surface area is 177 Å². The first-order chi connectivity index (χ1) is 13.8. The van der Waals surface area contributed by atoms with Gasteiger partial charge in [0, 0.05) is 17.1 Å². The molecule has 0 aliphatic heterocycles. The molecule has 0 spiro atoms.